The number of hydrogen-bond acceptors (Lipinski definition) is 8. The van der Waals surface area contributed by atoms with E-state index >= 15 is 0 Å². The molecule has 166 valence electrons. The largest absolute Gasteiger partial charge is 0.461 e. The van der Waals surface area contributed by atoms with E-state index < -0.39 is 36.4 Å². The van der Waals surface area contributed by atoms with Crippen LogP contribution in [0.25, 0.3) is 0 Å². The third-order valence-electron chi connectivity index (χ3n) is 4.17. The summed E-state index contributed by atoms with van der Waals surface area (Å²) >= 11 is 0. The van der Waals surface area contributed by atoms with Gasteiger partial charge in [0.2, 0.25) is 0 Å². The van der Waals surface area contributed by atoms with Crippen molar-refractivity contribution in [3.63, 3.8) is 0 Å². The Morgan fingerprint density at radius 3 is 1.18 bits per heavy atom. The Balaban J connectivity index is 3.76. The molecule has 4 atom stereocenters. The Morgan fingerprint density at radius 1 is 0.607 bits per heavy atom. The summed E-state index contributed by atoms with van der Waals surface area (Å²) in [6, 6.07) is 0. The van der Waals surface area contributed by atoms with E-state index in [0.717, 1.165) is 25.7 Å². The number of aliphatic hydroxyl groups excluding tert-OH is 4. The summed E-state index contributed by atoms with van der Waals surface area (Å²) in [6.07, 6.45) is -0.480. The zero-order valence-electron chi connectivity index (χ0n) is 17.5. The Bertz CT molecular complexity index is 398. The first-order chi connectivity index (χ1) is 13.1. The van der Waals surface area contributed by atoms with Crippen molar-refractivity contribution in [2.24, 2.45) is 0 Å². The molecule has 0 aromatic rings. The quantitative estimate of drug-likeness (QED) is 0.237. The van der Waals surface area contributed by atoms with Crippen molar-refractivity contribution in [3.05, 3.63) is 0 Å². The highest BCUT2D eigenvalue weighted by molar-refractivity contribution is 5.75. The Morgan fingerprint density at radius 2 is 0.893 bits per heavy atom. The van der Waals surface area contributed by atoms with Gasteiger partial charge in [0.15, 0.2) is 12.2 Å². The third kappa shape index (κ3) is 12.3. The summed E-state index contributed by atoms with van der Waals surface area (Å²) in [4.78, 5) is 23.0. The van der Waals surface area contributed by atoms with E-state index in [1.54, 1.807) is 27.7 Å². The molecule has 0 aliphatic carbocycles. The van der Waals surface area contributed by atoms with Gasteiger partial charge < -0.3 is 29.9 Å². The van der Waals surface area contributed by atoms with E-state index in [1.807, 2.05) is 0 Å². The van der Waals surface area contributed by atoms with Gasteiger partial charge in [0, 0.05) is 0 Å². The lowest BCUT2D eigenvalue weighted by atomic mass is 10.0. The van der Waals surface area contributed by atoms with Crippen molar-refractivity contribution in [3.8, 4) is 0 Å². The number of aliphatic hydroxyl groups is 4. The average molecular weight is 407 g/mol. The van der Waals surface area contributed by atoms with E-state index in [2.05, 4.69) is 0 Å². The molecular weight excluding hydrogens is 368 g/mol. The standard InChI is InChI=1S/C20H38O8/c1-13(2)27-19(25)17(23)15(21)11-9-7-5-6-8-10-12-16(22)18(24)20(26)28-14(3)4/h13-18,21-24H,5-12H2,1-4H3/t15-,16?,17?,18+/m1/s1. The van der Waals surface area contributed by atoms with Crippen LogP contribution in [0.3, 0.4) is 0 Å². The maximum absolute atomic E-state index is 11.5. The second-order valence-corrected chi connectivity index (χ2v) is 7.69. The Hall–Kier alpha value is -1.22. The van der Waals surface area contributed by atoms with Crippen LogP contribution >= 0.6 is 0 Å². The van der Waals surface area contributed by atoms with Gasteiger partial charge in [-0.2, -0.15) is 0 Å². The van der Waals surface area contributed by atoms with Gasteiger partial charge in [-0.15, -0.1) is 0 Å². The molecule has 28 heavy (non-hydrogen) atoms. The minimum atomic E-state index is -1.52. The molecule has 0 fully saturated rings. The van der Waals surface area contributed by atoms with Crippen molar-refractivity contribution in [1.82, 2.24) is 0 Å². The van der Waals surface area contributed by atoms with Crippen molar-refractivity contribution >= 4 is 11.9 Å². The van der Waals surface area contributed by atoms with Crippen LogP contribution in [0.15, 0.2) is 0 Å². The van der Waals surface area contributed by atoms with Crippen molar-refractivity contribution in [1.29, 1.82) is 0 Å². The van der Waals surface area contributed by atoms with Crippen molar-refractivity contribution in [2.45, 2.75) is 116 Å². The first kappa shape index (κ1) is 26.8. The van der Waals surface area contributed by atoms with Gasteiger partial charge in [-0.3, -0.25) is 0 Å². The summed E-state index contributed by atoms with van der Waals surface area (Å²) in [5, 5.41) is 39.0. The summed E-state index contributed by atoms with van der Waals surface area (Å²) in [7, 11) is 0. The van der Waals surface area contributed by atoms with E-state index in [-0.39, 0.29) is 12.2 Å². The molecule has 0 spiro atoms. The molecule has 0 aromatic heterocycles. The minimum absolute atomic E-state index is 0.317. The molecule has 8 nitrogen and oxygen atoms in total. The SMILES string of the molecule is CC(C)OC(=O)C(O)[C@H](O)CCCCCCCCC(O)[C@H](O)C(=O)OC(C)C. The molecule has 4 N–H and O–H groups in total. The number of hydrogen-bond donors (Lipinski definition) is 4. The second kappa shape index (κ2) is 14.7. The summed E-state index contributed by atoms with van der Waals surface area (Å²) < 4.78 is 9.72. The molecule has 0 bridgehead atoms. The number of carbonyl (C=O) groups is 2. The molecule has 2 unspecified atom stereocenters. The summed E-state index contributed by atoms with van der Waals surface area (Å²) in [5.74, 6) is -1.61. The zero-order chi connectivity index (χ0) is 21.7. The predicted octanol–water partition coefficient (Wildman–Crippen LogP) is 1.45. The molecule has 0 rings (SSSR count). The molecule has 0 radical (unpaired) electrons. The smallest absolute Gasteiger partial charge is 0.337 e. The lowest BCUT2D eigenvalue weighted by Crippen LogP contribution is -2.36. The number of rotatable bonds is 15. The van der Waals surface area contributed by atoms with Crippen LogP contribution in [0, 0.1) is 0 Å². The van der Waals surface area contributed by atoms with Crippen molar-refractivity contribution in [2.75, 3.05) is 0 Å². The van der Waals surface area contributed by atoms with E-state index in [4.69, 9.17) is 9.47 Å². The number of unbranched alkanes of at least 4 members (excludes halogenated alkanes) is 5. The molecule has 0 saturated carbocycles. The fourth-order valence-corrected chi connectivity index (χ4v) is 2.65. The Labute approximate surface area is 167 Å². The van der Waals surface area contributed by atoms with Crippen LogP contribution in [0.2, 0.25) is 0 Å². The molecule has 0 saturated heterocycles. The fraction of sp³-hybridized carbons (Fsp3) is 0.900. The highest BCUT2D eigenvalue weighted by atomic mass is 16.6. The van der Waals surface area contributed by atoms with Crippen LogP contribution < -0.4 is 0 Å². The monoisotopic (exact) mass is 406 g/mol. The second-order valence-electron chi connectivity index (χ2n) is 7.69. The average Bonchev–Trinajstić information content (AvgIpc) is 2.60. The van der Waals surface area contributed by atoms with Gasteiger partial charge in [0.1, 0.15) is 0 Å². The van der Waals surface area contributed by atoms with Gasteiger partial charge in [-0.25, -0.2) is 9.59 Å². The molecule has 8 heteroatoms. The van der Waals surface area contributed by atoms with E-state index in [0.29, 0.717) is 25.7 Å². The maximum Gasteiger partial charge on any atom is 0.337 e. The Kier molecular flexibility index (Phi) is 14.1. The van der Waals surface area contributed by atoms with Gasteiger partial charge >= 0.3 is 11.9 Å². The van der Waals surface area contributed by atoms with Gasteiger partial charge in [0.05, 0.1) is 24.4 Å². The minimum Gasteiger partial charge on any atom is -0.461 e. The predicted molar refractivity (Wildman–Crippen MR) is 103 cm³/mol. The number of esters is 2. The first-order valence-corrected chi connectivity index (χ1v) is 10.2. The molecule has 0 heterocycles. The van der Waals surface area contributed by atoms with E-state index in [9.17, 15) is 30.0 Å². The third-order valence-corrected chi connectivity index (χ3v) is 4.17. The van der Waals surface area contributed by atoms with Gasteiger partial charge in [-0.05, 0) is 40.5 Å². The fourth-order valence-electron chi connectivity index (χ4n) is 2.65. The molecule has 0 aromatic carbocycles. The van der Waals surface area contributed by atoms with E-state index in [1.165, 1.54) is 0 Å². The first-order valence-electron chi connectivity index (χ1n) is 10.2. The van der Waals surface area contributed by atoms with Crippen molar-refractivity contribution < 1.29 is 39.5 Å². The summed E-state index contributed by atoms with van der Waals surface area (Å²) in [5.41, 5.74) is 0. The number of carbonyl (C=O) groups excluding carboxylic acids is 2. The molecule has 0 aliphatic rings. The topological polar surface area (TPSA) is 134 Å². The lowest BCUT2D eigenvalue weighted by Gasteiger charge is -2.18. The lowest BCUT2D eigenvalue weighted by molar-refractivity contribution is -0.164. The number of ether oxygens (including phenoxy) is 2. The summed E-state index contributed by atoms with van der Waals surface area (Å²) in [6.45, 7) is 6.70. The molecule has 0 amide bonds. The van der Waals surface area contributed by atoms with Crippen LogP contribution in [0.1, 0.15) is 79.1 Å². The highest BCUT2D eigenvalue weighted by Gasteiger charge is 2.26. The highest BCUT2D eigenvalue weighted by Crippen LogP contribution is 2.14. The van der Waals surface area contributed by atoms with Crippen LogP contribution in [0.5, 0.6) is 0 Å². The van der Waals surface area contributed by atoms with Crippen LogP contribution in [0.4, 0.5) is 0 Å². The van der Waals surface area contributed by atoms with Crippen LogP contribution in [-0.2, 0) is 19.1 Å². The maximum atomic E-state index is 11.5. The zero-order valence-corrected chi connectivity index (χ0v) is 17.5. The van der Waals surface area contributed by atoms with Gasteiger partial charge in [0.25, 0.3) is 0 Å². The molecule has 0 aliphatic heterocycles. The van der Waals surface area contributed by atoms with Gasteiger partial charge in [-0.1, -0.05) is 38.5 Å². The molecular formula is C20H38O8. The van der Waals surface area contributed by atoms with Crippen LogP contribution in [-0.4, -0.2) is 69.0 Å². The normalized spacial score (nSPS) is 15.9.